The summed E-state index contributed by atoms with van der Waals surface area (Å²) in [5.74, 6) is 2.30. The minimum atomic E-state index is 0.405. The highest BCUT2D eigenvalue weighted by atomic mass is 14.5. The molecule has 3 atom stereocenters. The van der Waals surface area contributed by atoms with Crippen molar-refractivity contribution < 1.29 is 0 Å². The third kappa shape index (κ3) is 3.42. The number of fused-ring (bicyclic) bond motifs is 2. The molecule has 0 heterocycles. The summed E-state index contributed by atoms with van der Waals surface area (Å²) in [5, 5.41) is 0. The van der Waals surface area contributed by atoms with E-state index < -0.39 is 0 Å². The van der Waals surface area contributed by atoms with E-state index in [-0.39, 0.29) is 0 Å². The molecule has 23 heavy (non-hydrogen) atoms. The van der Waals surface area contributed by atoms with Crippen LogP contribution in [0.25, 0.3) is 0 Å². The Hall–Kier alpha value is -1.04. The second kappa shape index (κ2) is 6.11. The molecule has 126 valence electrons. The molecule has 0 spiro atoms. The van der Waals surface area contributed by atoms with Gasteiger partial charge < -0.3 is 0 Å². The van der Waals surface area contributed by atoms with Crippen molar-refractivity contribution >= 4 is 0 Å². The molecule has 0 nitrogen and oxygen atoms in total. The van der Waals surface area contributed by atoms with Crippen LogP contribution in [0, 0.1) is 23.2 Å². The molecule has 3 unspecified atom stereocenters. The van der Waals surface area contributed by atoms with E-state index in [0.29, 0.717) is 10.8 Å². The van der Waals surface area contributed by atoms with Gasteiger partial charge in [-0.05, 0) is 66.3 Å². The van der Waals surface area contributed by atoms with Crippen molar-refractivity contribution in [3.05, 3.63) is 47.5 Å². The highest BCUT2D eigenvalue weighted by molar-refractivity contribution is 5.32. The van der Waals surface area contributed by atoms with Crippen LogP contribution in [0.3, 0.4) is 0 Å². The van der Waals surface area contributed by atoms with Gasteiger partial charge in [-0.15, -0.1) is 0 Å². The van der Waals surface area contributed by atoms with E-state index >= 15 is 0 Å². The summed E-state index contributed by atoms with van der Waals surface area (Å²) in [6.07, 6.45) is 9.28. The van der Waals surface area contributed by atoms with Crippen LogP contribution in [-0.4, -0.2) is 0 Å². The molecule has 1 aromatic rings. The maximum atomic E-state index is 2.61. The normalized spacial score (nSPS) is 34.8. The van der Waals surface area contributed by atoms with Crippen molar-refractivity contribution in [1.82, 2.24) is 0 Å². The second-order valence-electron chi connectivity index (χ2n) is 9.53. The summed E-state index contributed by atoms with van der Waals surface area (Å²) in [4.78, 5) is 0. The van der Waals surface area contributed by atoms with E-state index in [1.165, 1.54) is 32.1 Å². The van der Waals surface area contributed by atoms with Gasteiger partial charge in [-0.3, -0.25) is 0 Å². The van der Waals surface area contributed by atoms with Gasteiger partial charge in [0.1, 0.15) is 0 Å². The Balaban J connectivity index is 1.97. The molecule has 1 aromatic carbocycles. The molecule has 0 heteroatoms. The van der Waals surface area contributed by atoms with Crippen molar-refractivity contribution in [1.29, 1.82) is 0 Å². The Morgan fingerprint density at radius 1 is 1.09 bits per heavy atom. The molecule has 2 bridgehead atoms. The predicted octanol–water partition coefficient (Wildman–Crippen LogP) is 6.76. The standard InChI is InChI=1S/C23H34/c1-17(2)11-12-21-18(3)13-23(20-9-7-6-8-10-20)15-19(21)14-22(4,5)16-23/h6-10,12,17-19H,11,13-16H2,1-5H3/b21-12+. The first-order valence-corrected chi connectivity index (χ1v) is 9.57. The van der Waals surface area contributed by atoms with Crippen LogP contribution in [-0.2, 0) is 5.41 Å². The summed E-state index contributed by atoms with van der Waals surface area (Å²) >= 11 is 0. The zero-order chi connectivity index (χ0) is 16.7. The monoisotopic (exact) mass is 310 g/mol. The number of benzene rings is 1. The van der Waals surface area contributed by atoms with Gasteiger partial charge in [-0.25, -0.2) is 0 Å². The Morgan fingerprint density at radius 2 is 1.78 bits per heavy atom. The van der Waals surface area contributed by atoms with Gasteiger partial charge in [0.05, 0.1) is 0 Å². The van der Waals surface area contributed by atoms with Crippen molar-refractivity contribution in [3.8, 4) is 0 Å². The average Bonchev–Trinajstić information content (AvgIpc) is 2.45. The van der Waals surface area contributed by atoms with Gasteiger partial charge in [-0.1, -0.05) is 76.6 Å². The van der Waals surface area contributed by atoms with E-state index in [9.17, 15) is 0 Å². The predicted molar refractivity (Wildman–Crippen MR) is 101 cm³/mol. The van der Waals surface area contributed by atoms with E-state index in [2.05, 4.69) is 71.0 Å². The van der Waals surface area contributed by atoms with Crippen LogP contribution < -0.4 is 0 Å². The molecule has 0 aromatic heterocycles. The highest BCUT2D eigenvalue weighted by Crippen LogP contribution is 2.59. The SMILES string of the molecule is CC(C)C/C=C1\C(C)CC2(c3ccccc3)CC1CC(C)(C)C2. The third-order valence-electron chi connectivity index (χ3n) is 6.20. The summed E-state index contributed by atoms with van der Waals surface area (Å²) in [5.41, 5.74) is 4.23. The molecular weight excluding hydrogens is 276 g/mol. The van der Waals surface area contributed by atoms with Gasteiger partial charge in [0.15, 0.2) is 0 Å². The molecular formula is C23H34. The largest absolute Gasteiger partial charge is 0.0845 e. The fourth-order valence-corrected chi connectivity index (χ4v) is 5.64. The average molecular weight is 311 g/mol. The van der Waals surface area contributed by atoms with Crippen molar-refractivity contribution in [2.24, 2.45) is 23.2 Å². The molecule has 2 aliphatic carbocycles. The quantitative estimate of drug-likeness (QED) is 0.541. The first-order valence-electron chi connectivity index (χ1n) is 9.57. The fraction of sp³-hybridized carbons (Fsp3) is 0.652. The molecule has 3 rings (SSSR count). The third-order valence-corrected chi connectivity index (χ3v) is 6.20. The number of hydrogen-bond acceptors (Lipinski definition) is 0. The molecule has 0 N–H and O–H groups in total. The smallest absolute Gasteiger partial charge is 0.00306 e. The van der Waals surface area contributed by atoms with Gasteiger partial charge in [0, 0.05) is 0 Å². The summed E-state index contributed by atoms with van der Waals surface area (Å²) in [6, 6.07) is 11.4. The van der Waals surface area contributed by atoms with E-state index in [0.717, 1.165) is 17.8 Å². The number of allylic oxidation sites excluding steroid dienone is 2. The zero-order valence-corrected chi connectivity index (χ0v) is 15.7. The highest BCUT2D eigenvalue weighted by Gasteiger charge is 2.50. The van der Waals surface area contributed by atoms with Crippen molar-refractivity contribution in [2.75, 3.05) is 0 Å². The summed E-state index contributed by atoms with van der Waals surface area (Å²) in [6.45, 7) is 12.1. The number of rotatable bonds is 3. The van der Waals surface area contributed by atoms with Gasteiger partial charge in [0.2, 0.25) is 0 Å². The minimum Gasteiger partial charge on any atom is -0.0845 e. The van der Waals surface area contributed by atoms with Crippen molar-refractivity contribution in [2.45, 2.75) is 72.1 Å². The molecule has 2 saturated carbocycles. The summed E-state index contributed by atoms with van der Waals surface area (Å²) in [7, 11) is 0. The van der Waals surface area contributed by atoms with Gasteiger partial charge >= 0.3 is 0 Å². The second-order valence-corrected chi connectivity index (χ2v) is 9.53. The fourth-order valence-electron chi connectivity index (χ4n) is 5.64. The Bertz CT molecular complexity index is 559. The maximum Gasteiger partial charge on any atom is -0.00306 e. The lowest BCUT2D eigenvalue weighted by Crippen LogP contribution is -2.46. The van der Waals surface area contributed by atoms with Gasteiger partial charge in [0.25, 0.3) is 0 Å². The van der Waals surface area contributed by atoms with Crippen LogP contribution >= 0.6 is 0 Å². The Kier molecular flexibility index (Phi) is 4.47. The van der Waals surface area contributed by atoms with Crippen LogP contribution in [0.15, 0.2) is 42.0 Å². The lowest BCUT2D eigenvalue weighted by atomic mass is 9.49. The maximum absolute atomic E-state index is 2.61. The lowest BCUT2D eigenvalue weighted by molar-refractivity contribution is 0.0654. The zero-order valence-electron chi connectivity index (χ0n) is 15.7. The molecule has 2 fully saturated rings. The number of hydrogen-bond donors (Lipinski definition) is 0. The van der Waals surface area contributed by atoms with Crippen LogP contribution in [0.5, 0.6) is 0 Å². The topological polar surface area (TPSA) is 0 Å². The van der Waals surface area contributed by atoms with Crippen LogP contribution in [0.2, 0.25) is 0 Å². The molecule has 2 aliphatic rings. The van der Waals surface area contributed by atoms with E-state index in [1.807, 2.05) is 0 Å². The van der Waals surface area contributed by atoms with Gasteiger partial charge in [-0.2, -0.15) is 0 Å². The van der Waals surface area contributed by atoms with E-state index in [1.54, 1.807) is 11.1 Å². The molecule has 0 saturated heterocycles. The first kappa shape index (κ1) is 16.8. The minimum absolute atomic E-state index is 0.405. The lowest BCUT2D eigenvalue weighted by Gasteiger charge is -2.55. The van der Waals surface area contributed by atoms with Crippen molar-refractivity contribution in [3.63, 3.8) is 0 Å². The molecule has 0 amide bonds. The Morgan fingerprint density at radius 3 is 2.43 bits per heavy atom. The first-order chi connectivity index (χ1) is 10.8. The van der Waals surface area contributed by atoms with E-state index in [4.69, 9.17) is 0 Å². The molecule has 0 aliphatic heterocycles. The van der Waals surface area contributed by atoms with Crippen LogP contribution in [0.4, 0.5) is 0 Å². The summed E-state index contributed by atoms with van der Waals surface area (Å²) < 4.78 is 0. The molecule has 0 radical (unpaired) electrons. The Labute approximate surface area is 143 Å². The van der Waals surface area contributed by atoms with Crippen LogP contribution in [0.1, 0.15) is 72.3 Å².